The first-order chi connectivity index (χ1) is 14.3. The van der Waals surface area contributed by atoms with Crippen LogP contribution in [0.1, 0.15) is 29.8 Å². The number of sulfonamides is 1. The topological polar surface area (TPSA) is 66.9 Å². The lowest BCUT2D eigenvalue weighted by Gasteiger charge is -2.23. The smallest absolute Gasteiger partial charge is 0.257 e. The second kappa shape index (κ2) is 10.4. The van der Waals surface area contributed by atoms with Crippen LogP contribution in [-0.4, -0.2) is 50.3 Å². The Morgan fingerprint density at radius 1 is 1.13 bits per heavy atom. The summed E-state index contributed by atoms with van der Waals surface area (Å²) < 4.78 is 46.5. The van der Waals surface area contributed by atoms with Gasteiger partial charge >= 0.3 is 0 Å². The summed E-state index contributed by atoms with van der Waals surface area (Å²) in [5.41, 5.74) is 0.525. The molecule has 2 aromatic carbocycles. The summed E-state index contributed by atoms with van der Waals surface area (Å²) in [5, 5.41) is 0. The van der Waals surface area contributed by atoms with Gasteiger partial charge in [0.2, 0.25) is 10.0 Å². The summed E-state index contributed by atoms with van der Waals surface area (Å²) in [7, 11) is -2.26. The third-order valence-corrected chi connectivity index (χ3v) is 6.73. The molecule has 0 bridgehead atoms. The van der Waals surface area contributed by atoms with Crippen molar-refractivity contribution in [3.8, 4) is 5.75 Å². The lowest BCUT2D eigenvalue weighted by Crippen LogP contribution is -2.33. The monoisotopic (exact) mass is 434 g/mol. The Morgan fingerprint density at radius 2 is 1.77 bits per heavy atom. The summed E-state index contributed by atoms with van der Waals surface area (Å²) in [5.74, 6) is -0.706. The minimum Gasteiger partial charge on any atom is -0.497 e. The molecule has 0 aliphatic heterocycles. The van der Waals surface area contributed by atoms with E-state index in [1.807, 2.05) is 0 Å². The van der Waals surface area contributed by atoms with Crippen LogP contribution in [-0.2, 0) is 16.6 Å². The van der Waals surface area contributed by atoms with E-state index in [2.05, 4.69) is 6.58 Å². The van der Waals surface area contributed by atoms with Gasteiger partial charge in [0.15, 0.2) is 0 Å². The van der Waals surface area contributed by atoms with Gasteiger partial charge in [0.1, 0.15) is 11.6 Å². The van der Waals surface area contributed by atoms with Crippen molar-refractivity contribution in [2.75, 3.05) is 26.7 Å². The Bertz CT molecular complexity index is 987. The highest BCUT2D eigenvalue weighted by Crippen LogP contribution is 2.21. The van der Waals surface area contributed by atoms with E-state index in [0.29, 0.717) is 5.75 Å². The van der Waals surface area contributed by atoms with Gasteiger partial charge < -0.3 is 9.64 Å². The first-order valence-electron chi connectivity index (χ1n) is 9.61. The molecular formula is C22H27FN2O4S. The van der Waals surface area contributed by atoms with Crippen LogP contribution in [0.2, 0.25) is 0 Å². The molecular weight excluding hydrogens is 407 g/mol. The fourth-order valence-corrected chi connectivity index (χ4v) is 4.52. The molecule has 30 heavy (non-hydrogen) atoms. The lowest BCUT2D eigenvalue weighted by molar-refractivity contribution is 0.0757. The molecule has 2 rings (SSSR count). The molecule has 0 aromatic heterocycles. The van der Waals surface area contributed by atoms with Gasteiger partial charge in [0.25, 0.3) is 5.91 Å². The first-order valence-corrected chi connectivity index (χ1v) is 11.0. The third-order valence-electron chi connectivity index (χ3n) is 4.68. The van der Waals surface area contributed by atoms with E-state index in [1.54, 1.807) is 45.2 Å². The summed E-state index contributed by atoms with van der Waals surface area (Å²) in [6, 6.07) is 10.5. The van der Waals surface area contributed by atoms with E-state index >= 15 is 0 Å². The van der Waals surface area contributed by atoms with Gasteiger partial charge in [0, 0.05) is 26.2 Å². The van der Waals surface area contributed by atoms with Gasteiger partial charge in [-0.3, -0.25) is 4.79 Å². The number of hydrogen-bond acceptors (Lipinski definition) is 4. The number of halogens is 1. The molecule has 0 heterocycles. The summed E-state index contributed by atoms with van der Waals surface area (Å²) in [4.78, 5) is 14.4. The van der Waals surface area contributed by atoms with Gasteiger partial charge in [-0.25, -0.2) is 12.8 Å². The maximum Gasteiger partial charge on any atom is 0.257 e. The maximum atomic E-state index is 14.5. The van der Waals surface area contributed by atoms with Crippen LogP contribution in [0.4, 0.5) is 4.39 Å². The number of amides is 1. The Labute approximate surface area is 177 Å². The van der Waals surface area contributed by atoms with Gasteiger partial charge in [-0.2, -0.15) is 4.31 Å². The number of nitrogens with zero attached hydrogens (tertiary/aromatic N) is 2. The Balaban J connectivity index is 2.38. The van der Waals surface area contributed by atoms with Crippen LogP contribution >= 0.6 is 0 Å². The van der Waals surface area contributed by atoms with Gasteiger partial charge in [-0.05, 0) is 35.9 Å². The molecule has 2 aromatic rings. The highest BCUT2D eigenvalue weighted by Gasteiger charge is 2.26. The van der Waals surface area contributed by atoms with Crippen molar-refractivity contribution < 1.29 is 22.3 Å². The molecule has 0 atom stereocenters. The summed E-state index contributed by atoms with van der Waals surface area (Å²) in [6.07, 6.45) is 1.54. The molecule has 0 saturated carbocycles. The number of carbonyl (C=O) groups is 1. The molecule has 0 fully saturated rings. The standard InChI is InChI=1S/C22H27FN2O4S/c1-5-14-24(16-17-8-10-18(29-4)11-9-17)22(26)20-15-19(12-13-21(20)23)30(27,28)25(6-2)7-3/h5,8-13,15H,1,6-7,14,16H2,2-4H3. The van der Waals surface area contributed by atoms with Crippen molar-refractivity contribution >= 4 is 15.9 Å². The van der Waals surface area contributed by atoms with Crippen LogP contribution in [0.25, 0.3) is 0 Å². The fourth-order valence-electron chi connectivity index (χ4n) is 3.04. The molecule has 0 aliphatic rings. The van der Waals surface area contributed by atoms with Crippen molar-refractivity contribution in [3.05, 3.63) is 72.1 Å². The van der Waals surface area contributed by atoms with Gasteiger partial charge in [-0.1, -0.05) is 32.1 Å². The zero-order chi connectivity index (χ0) is 22.3. The van der Waals surface area contributed by atoms with E-state index < -0.39 is 21.7 Å². The van der Waals surface area contributed by atoms with Crippen molar-refractivity contribution in [1.82, 2.24) is 9.21 Å². The molecule has 0 unspecified atom stereocenters. The molecule has 0 spiro atoms. The Hall–Kier alpha value is -2.71. The SMILES string of the molecule is C=CCN(Cc1ccc(OC)cc1)C(=O)c1cc(S(=O)(=O)N(CC)CC)ccc1F. The molecule has 1 amide bonds. The second-order valence-electron chi connectivity index (χ2n) is 6.55. The second-order valence-corrected chi connectivity index (χ2v) is 8.49. The van der Waals surface area contributed by atoms with E-state index in [-0.39, 0.29) is 36.6 Å². The quantitative estimate of drug-likeness (QED) is 0.535. The van der Waals surface area contributed by atoms with Crippen LogP contribution in [0.5, 0.6) is 5.75 Å². The summed E-state index contributed by atoms with van der Waals surface area (Å²) in [6.45, 7) is 8.04. The van der Waals surface area contributed by atoms with E-state index in [0.717, 1.165) is 17.7 Å². The lowest BCUT2D eigenvalue weighted by atomic mass is 10.1. The minimum absolute atomic E-state index is 0.112. The Morgan fingerprint density at radius 3 is 2.30 bits per heavy atom. The predicted octanol–water partition coefficient (Wildman–Crippen LogP) is 3.69. The van der Waals surface area contributed by atoms with E-state index in [4.69, 9.17) is 4.74 Å². The maximum absolute atomic E-state index is 14.5. The zero-order valence-corrected chi connectivity index (χ0v) is 18.3. The van der Waals surface area contributed by atoms with Crippen molar-refractivity contribution in [2.24, 2.45) is 0 Å². The normalized spacial score (nSPS) is 11.4. The van der Waals surface area contributed by atoms with Gasteiger partial charge in [0.05, 0.1) is 17.6 Å². The predicted molar refractivity (Wildman–Crippen MR) is 114 cm³/mol. The highest BCUT2D eigenvalue weighted by atomic mass is 32.2. The molecule has 162 valence electrons. The van der Waals surface area contributed by atoms with Gasteiger partial charge in [-0.15, -0.1) is 6.58 Å². The van der Waals surface area contributed by atoms with E-state index in [9.17, 15) is 17.6 Å². The zero-order valence-electron chi connectivity index (χ0n) is 17.5. The fraction of sp³-hybridized carbons (Fsp3) is 0.318. The summed E-state index contributed by atoms with van der Waals surface area (Å²) >= 11 is 0. The number of ether oxygens (including phenoxy) is 1. The molecule has 0 N–H and O–H groups in total. The number of hydrogen-bond donors (Lipinski definition) is 0. The Kier molecular flexibility index (Phi) is 8.14. The molecule has 0 radical (unpaired) electrons. The number of carbonyl (C=O) groups excluding carboxylic acids is 1. The molecule has 8 heteroatoms. The minimum atomic E-state index is -3.82. The number of benzene rings is 2. The van der Waals surface area contributed by atoms with Crippen molar-refractivity contribution in [2.45, 2.75) is 25.3 Å². The van der Waals surface area contributed by atoms with Crippen LogP contribution in [0, 0.1) is 5.82 Å². The van der Waals surface area contributed by atoms with Crippen LogP contribution in [0.15, 0.2) is 60.0 Å². The van der Waals surface area contributed by atoms with E-state index in [1.165, 1.54) is 21.3 Å². The highest BCUT2D eigenvalue weighted by molar-refractivity contribution is 7.89. The third kappa shape index (κ3) is 5.25. The van der Waals surface area contributed by atoms with Crippen molar-refractivity contribution in [1.29, 1.82) is 0 Å². The molecule has 0 saturated heterocycles. The number of methoxy groups -OCH3 is 1. The molecule has 0 aliphatic carbocycles. The van der Waals surface area contributed by atoms with Crippen LogP contribution < -0.4 is 4.74 Å². The average molecular weight is 435 g/mol. The average Bonchev–Trinajstić information content (AvgIpc) is 2.74. The largest absolute Gasteiger partial charge is 0.497 e. The number of rotatable bonds is 10. The van der Waals surface area contributed by atoms with Crippen molar-refractivity contribution in [3.63, 3.8) is 0 Å². The first kappa shape index (κ1) is 23.6. The van der Waals surface area contributed by atoms with Crippen LogP contribution in [0.3, 0.4) is 0 Å². The molecule has 6 nitrogen and oxygen atoms in total.